The van der Waals surface area contributed by atoms with E-state index in [2.05, 4.69) is 17.1 Å². The fourth-order valence-corrected chi connectivity index (χ4v) is 4.02. The molecule has 2 aliphatic rings. The highest BCUT2D eigenvalue weighted by Crippen LogP contribution is 2.38. The van der Waals surface area contributed by atoms with Gasteiger partial charge < -0.3 is 5.73 Å². The first kappa shape index (κ1) is 13.1. The highest BCUT2D eigenvalue weighted by molar-refractivity contribution is 5.30. The molecular weight excluding hydrogens is 232 g/mol. The van der Waals surface area contributed by atoms with Crippen molar-refractivity contribution in [3.05, 3.63) is 29.6 Å². The average molecular weight is 258 g/mol. The number of nitrogens with two attached hydrogens (primary N) is 1. The van der Waals surface area contributed by atoms with Gasteiger partial charge >= 0.3 is 0 Å². The van der Waals surface area contributed by atoms with E-state index in [1.54, 1.807) is 0 Å². The van der Waals surface area contributed by atoms with Gasteiger partial charge in [0.15, 0.2) is 0 Å². The van der Waals surface area contributed by atoms with Crippen LogP contribution in [-0.2, 0) is 6.42 Å². The molecular formula is C17H26N2. The normalized spacial score (nSPS) is 26.5. The van der Waals surface area contributed by atoms with Gasteiger partial charge in [-0.2, -0.15) is 0 Å². The van der Waals surface area contributed by atoms with Crippen molar-refractivity contribution in [2.75, 3.05) is 0 Å². The first-order valence-corrected chi connectivity index (χ1v) is 8.05. The maximum Gasteiger partial charge on any atom is 0.0482 e. The van der Waals surface area contributed by atoms with Gasteiger partial charge in [0.2, 0.25) is 0 Å². The van der Waals surface area contributed by atoms with E-state index in [4.69, 9.17) is 5.73 Å². The Morgan fingerprint density at radius 2 is 1.79 bits per heavy atom. The van der Waals surface area contributed by atoms with Gasteiger partial charge in [0.05, 0.1) is 0 Å². The number of aromatic nitrogens is 1. The standard InChI is InChI=1S/C17H26N2/c18-16(13-7-4-2-1-3-5-8-13)15-11-10-14-9-6-12-19-17(14)15/h6,9,12-13,15-16H,1-5,7-8,10-11,18H2. The van der Waals surface area contributed by atoms with Crippen molar-refractivity contribution in [3.8, 4) is 0 Å². The second-order valence-electron chi connectivity index (χ2n) is 6.38. The molecule has 1 heterocycles. The van der Waals surface area contributed by atoms with E-state index in [-0.39, 0.29) is 0 Å². The summed E-state index contributed by atoms with van der Waals surface area (Å²) in [5.41, 5.74) is 9.39. The molecule has 1 saturated carbocycles. The molecule has 2 atom stereocenters. The molecule has 1 fully saturated rings. The summed E-state index contributed by atoms with van der Waals surface area (Å²) < 4.78 is 0. The minimum Gasteiger partial charge on any atom is -0.327 e. The lowest BCUT2D eigenvalue weighted by molar-refractivity contribution is 0.291. The topological polar surface area (TPSA) is 38.9 Å². The first-order valence-electron chi connectivity index (χ1n) is 8.05. The molecule has 1 aromatic rings. The van der Waals surface area contributed by atoms with E-state index in [1.807, 2.05) is 6.20 Å². The lowest BCUT2D eigenvalue weighted by Gasteiger charge is -2.30. The van der Waals surface area contributed by atoms with Gasteiger partial charge in [0.1, 0.15) is 0 Å². The molecule has 2 N–H and O–H groups in total. The first-order chi connectivity index (χ1) is 9.36. The third kappa shape index (κ3) is 2.84. The van der Waals surface area contributed by atoms with Crippen LogP contribution in [0.2, 0.25) is 0 Å². The van der Waals surface area contributed by atoms with Crippen molar-refractivity contribution in [2.24, 2.45) is 11.7 Å². The number of rotatable bonds is 2. The van der Waals surface area contributed by atoms with Crippen LogP contribution in [-0.4, -0.2) is 11.0 Å². The summed E-state index contributed by atoms with van der Waals surface area (Å²) in [6, 6.07) is 4.62. The Morgan fingerprint density at radius 3 is 2.58 bits per heavy atom. The molecule has 2 unspecified atom stereocenters. The molecule has 19 heavy (non-hydrogen) atoms. The van der Waals surface area contributed by atoms with Crippen LogP contribution in [0.25, 0.3) is 0 Å². The van der Waals surface area contributed by atoms with Crippen LogP contribution in [0.1, 0.15) is 68.5 Å². The van der Waals surface area contributed by atoms with Crippen molar-refractivity contribution >= 4 is 0 Å². The van der Waals surface area contributed by atoms with Crippen LogP contribution in [0.15, 0.2) is 18.3 Å². The smallest absolute Gasteiger partial charge is 0.0482 e. The number of fused-ring (bicyclic) bond motifs is 1. The number of hydrogen-bond acceptors (Lipinski definition) is 2. The van der Waals surface area contributed by atoms with E-state index < -0.39 is 0 Å². The molecule has 1 aromatic heterocycles. The van der Waals surface area contributed by atoms with Crippen molar-refractivity contribution in [2.45, 2.75) is 69.7 Å². The zero-order valence-electron chi connectivity index (χ0n) is 11.9. The third-order valence-corrected chi connectivity index (χ3v) is 5.16. The largest absolute Gasteiger partial charge is 0.327 e. The highest BCUT2D eigenvalue weighted by atomic mass is 14.8. The summed E-state index contributed by atoms with van der Waals surface area (Å²) in [5.74, 6) is 1.24. The van der Waals surface area contributed by atoms with Crippen molar-refractivity contribution < 1.29 is 0 Å². The van der Waals surface area contributed by atoms with Crippen molar-refractivity contribution in [1.29, 1.82) is 0 Å². The van der Waals surface area contributed by atoms with Crippen molar-refractivity contribution in [1.82, 2.24) is 4.98 Å². The second kappa shape index (κ2) is 6.04. The fourth-order valence-electron chi connectivity index (χ4n) is 4.02. The summed E-state index contributed by atoms with van der Waals surface area (Å²) in [6.07, 6.45) is 14.0. The predicted molar refractivity (Wildman–Crippen MR) is 79.1 cm³/mol. The molecule has 0 aromatic carbocycles. The molecule has 0 aliphatic heterocycles. The number of aryl methyl sites for hydroxylation is 1. The molecule has 0 bridgehead atoms. The molecule has 0 saturated heterocycles. The number of pyridine rings is 1. The Morgan fingerprint density at radius 1 is 1.05 bits per heavy atom. The summed E-state index contributed by atoms with van der Waals surface area (Å²) in [7, 11) is 0. The van der Waals surface area contributed by atoms with Gasteiger partial charge in [0, 0.05) is 23.9 Å². The average Bonchev–Trinajstić information content (AvgIpc) is 2.81. The molecule has 2 nitrogen and oxygen atoms in total. The Hall–Kier alpha value is -0.890. The Kier molecular flexibility index (Phi) is 4.17. The molecule has 2 aliphatic carbocycles. The lowest BCUT2D eigenvalue weighted by Crippen LogP contribution is -2.36. The van der Waals surface area contributed by atoms with Crippen molar-refractivity contribution in [3.63, 3.8) is 0 Å². The Labute approximate surface area is 116 Å². The summed E-state index contributed by atoms with van der Waals surface area (Å²) in [4.78, 5) is 4.62. The highest BCUT2D eigenvalue weighted by Gasteiger charge is 2.33. The maximum atomic E-state index is 6.65. The van der Waals surface area contributed by atoms with Gasteiger partial charge in [0.25, 0.3) is 0 Å². The summed E-state index contributed by atoms with van der Waals surface area (Å²) in [6.45, 7) is 0. The fraction of sp³-hybridized carbons (Fsp3) is 0.706. The van der Waals surface area contributed by atoms with E-state index in [1.165, 1.54) is 69.0 Å². The molecule has 3 rings (SSSR count). The quantitative estimate of drug-likeness (QED) is 0.876. The van der Waals surface area contributed by atoms with E-state index in [0.29, 0.717) is 12.0 Å². The Balaban J connectivity index is 1.71. The summed E-state index contributed by atoms with van der Waals surface area (Å²) >= 11 is 0. The minimum atomic E-state index is 0.328. The van der Waals surface area contributed by atoms with Gasteiger partial charge in [-0.15, -0.1) is 0 Å². The zero-order valence-corrected chi connectivity index (χ0v) is 11.9. The third-order valence-electron chi connectivity index (χ3n) is 5.16. The van der Waals surface area contributed by atoms with Gasteiger partial charge in [-0.25, -0.2) is 0 Å². The van der Waals surface area contributed by atoms with Crippen LogP contribution in [0, 0.1) is 5.92 Å². The second-order valence-corrected chi connectivity index (χ2v) is 6.38. The molecule has 104 valence electrons. The molecule has 0 amide bonds. The van der Waals surface area contributed by atoms with Crippen LogP contribution in [0.5, 0.6) is 0 Å². The van der Waals surface area contributed by atoms with Crippen LogP contribution >= 0.6 is 0 Å². The monoisotopic (exact) mass is 258 g/mol. The van der Waals surface area contributed by atoms with E-state index >= 15 is 0 Å². The maximum absolute atomic E-state index is 6.65. The predicted octanol–water partition coefficient (Wildman–Crippen LogP) is 3.80. The SMILES string of the molecule is NC(C1CCCCCCC1)C1CCc2cccnc21. The van der Waals surface area contributed by atoms with Gasteiger partial charge in [-0.1, -0.05) is 38.2 Å². The number of nitrogens with zero attached hydrogens (tertiary/aromatic N) is 1. The summed E-state index contributed by atoms with van der Waals surface area (Å²) in [5, 5.41) is 0. The van der Waals surface area contributed by atoms with Gasteiger partial charge in [-0.05, 0) is 43.2 Å². The van der Waals surface area contributed by atoms with Crippen LogP contribution < -0.4 is 5.73 Å². The zero-order chi connectivity index (χ0) is 13.1. The molecule has 0 spiro atoms. The number of hydrogen-bond donors (Lipinski definition) is 1. The molecule has 0 radical (unpaired) electrons. The lowest BCUT2D eigenvalue weighted by atomic mass is 9.80. The van der Waals surface area contributed by atoms with Crippen LogP contribution in [0.3, 0.4) is 0 Å². The Bertz CT molecular complexity index is 407. The molecule has 2 heteroatoms. The van der Waals surface area contributed by atoms with E-state index in [9.17, 15) is 0 Å². The van der Waals surface area contributed by atoms with Crippen LogP contribution in [0.4, 0.5) is 0 Å². The minimum absolute atomic E-state index is 0.328. The van der Waals surface area contributed by atoms with E-state index in [0.717, 1.165) is 5.92 Å². The van der Waals surface area contributed by atoms with Gasteiger partial charge in [-0.3, -0.25) is 4.98 Å².